The summed E-state index contributed by atoms with van der Waals surface area (Å²) in [7, 11) is 0. The van der Waals surface area contributed by atoms with E-state index in [1.165, 1.54) is 88.0 Å². The molecule has 1 fully saturated rings. The second kappa shape index (κ2) is 9.50. The van der Waals surface area contributed by atoms with Crippen molar-refractivity contribution in [2.45, 2.75) is 130 Å². The first kappa shape index (κ1) is 29.1. The van der Waals surface area contributed by atoms with E-state index in [1.54, 1.807) is 5.56 Å². The SMILES string of the molecule is Cc1cc(N2c3ccc(C(C)(C)C)cc3C3(CCCCC3)C2(C)C)cc(-n2c(C)c(C)c3cc(C(C)(C)C)ccc32)c1. The third kappa shape index (κ3) is 4.27. The van der Waals surface area contributed by atoms with Crippen molar-refractivity contribution in [3.05, 3.63) is 88.1 Å². The Labute approximate surface area is 255 Å². The Balaban J connectivity index is 1.56. The highest BCUT2D eigenvalue weighted by Crippen LogP contribution is 2.61. The van der Waals surface area contributed by atoms with Gasteiger partial charge < -0.3 is 9.47 Å². The molecule has 0 amide bonds. The number of fused-ring (bicyclic) bond motifs is 3. The molecule has 1 saturated carbocycles. The Morgan fingerprint density at radius 2 is 1.26 bits per heavy atom. The standard InChI is InChI=1S/C40H52N2/c1-26-21-31(41-28(3)27(2)33-23-29(37(4,5)6)15-17-35(33)41)25-32(22-26)42-36-18-16-30(38(7,8)9)24-34(36)40(39(42,10)11)19-13-12-14-20-40/h15-18,21-25H,12-14,19-20H2,1-11H3. The molecule has 0 atom stereocenters. The second-order valence-electron chi connectivity index (χ2n) is 16.1. The summed E-state index contributed by atoms with van der Waals surface area (Å²) in [6.07, 6.45) is 6.54. The van der Waals surface area contributed by atoms with Gasteiger partial charge in [-0.2, -0.15) is 0 Å². The van der Waals surface area contributed by atoms with E-state index >= 15 is 0 Å². The number of hydrogen-bond acceptors (Lipinski definition) is 1. The van der Waals surface area contributed by atoms with E-state index in [9.17, 15) is 0 Å². The molecule has 42 heavy (non-hydrogen) atoms. The molecule has 3 aromatic carbocycles. The summed E-state index contributed by atoms with van der Waals surface area (Å²) in [4.78, 5) is 2.71. The number of aromatic nitrogens is 1. The first-order valence-electron chi connectivity index (χ1n) is 16.3. The Hall–Kier alpha value is -3.00. The summed E-state index contributed by atoms with van der Waals surface area (Å²) < 4.78 is 2.50. The molecule has 0 unspecified atom stereocenters. The maximum absolute atomic E-state index is 2.71. The van der Waals surface area contributed by atoms with Gasteiger partial charge in [0, 0.05) is 39.1 Å². The fourth-order valence-corrected chi connectivity index (χ4v) is 8.30. The van der Waals surface area contributed by atoms with Crippen LogP contribution in [0.4, 0.5) is 11.4 Å². The molecule has 0 N–H and O–H groups in total. The molecule has 1 aliphatic heterocycles. The van der Waals surface area contributed by atoms with Crippen molar-refractivity contribution in [2.24, 2.45) is 0 Å². The Morgan fingerprint density at radius 3 is 1.90 bits per heavy atom. The molecule has 0 saturated heterocycles. The maximum atomic E-state index is 2.71. The summed E-state index contributed by atoms with van der Waals surface area (Å²) in [5.41, 5.74) is 14.1. The van der Waals surface area contributed by atoms with Crippen LogP contribution in [0.3, 0.4) is 0 Å². The normalized spacial score (nSPS) is 18.2. The van der Waals surface area contributed by atoms with Crippen molar-refractivity contribution in [1.82, 2.24) is 4.57 Å². The molecule has 1 spiro atoms. The van der Waals surface area contributed by atoms with Crippen LogP contribution in [0, 0.1) is 20.8 Å². The van der Waals surface area contributed by atoms with Crippen LogP contribution in [0.1, 0.15) is 121 Å². The van der Waals surface area contributed by atoms with E-state index in [-0.39, 0.29) is 21.8 Å². The zero-order valence-electron chi connectivity index (χ0n) is 28.1. The van der Waals surface area contributed by atoms with Crippen LogP contribution in [0.2, 0.25) is 0 Å². The highest BCUT2D eigenvalue weighted by atomic mass is 15.2. The van der Waals surface area contributed by atoms with Gasteiger partial charge in [-0.1, -0.05) is 79.0 Å². The van der Waals surface area contributed by atoms with Crippen molar-refractivity contribution >= 4 is 22.3 Å². The van der Waals surface area contributed by atoms with Gasteiger partial charge in [0.2, 0.25) is 0 Å². The zero-order valence-corrected chi connectivity index (χ0v) is 28.1. The molecule has 1 aliphatic carbocycles. The van der Waals surface area contributed by atoms with Gasteiger partial charge in [-0.3, -0.25) is 0 Å². The average molecular weight is 561 g/mol. The quantitative estimate of drug-likeness (QED) is 0.237. The van der Waals surface area contributed by atoms with Crippen molar-refractivity contribution in [2.75, 3.05) is 4.90 Å². The number of rotatable bonds is 2. The topological polar surface area (TPSA) is 8.17 Å². The van der Waals surface area contributed by atoms with Crippen LogP contribution in [0.5, 0.6) is 0 Å². The van der Waals surface area contributed by atoms with Gasteiger partial charge in [-0.05, 0) is 123 Å². The summed E-state index contributed by atoms with van der Waals surface area (Å²) in [5, 5.41) is 1.37. The summed E-state index contributed by atoms with van der Waals surface area (Å²) in [5.74, 6) is 0. The molecule has 6 rings (SSSR count). The van der Waals surface area contributed by atoms with E-state index in [1.807, 2.05) is 0 Å². The van der Waals surface area contributed by atoms with Gasteiger partial charge in [-0.15, -0.1) is 0 Å². The Morgan fingerprint density at radius 1 is 0.667 bits per heavy atom. The Kier molecular flexibility index (Phi) is 6.58. The summed E-state index contributed by atoms with van der Waals surface area (Å²) in [6.45, 7) is 25.8. The molecule has 4 aromatic rings. The minimum absolute atomic E-state index is 0.0251. The molecule has 1 aromatic heterocycles. The molecular weight excluding hydrogens is 508 g/mol. The molecule has 222 valence electrons. The van der Waals surface area contributed by atoms with Gasteiger partial charge in [0.05, 0.1) is 5.52 Å². The maximum Gasteiger partial charge on any atom is 0.0534 e. The third-order valence-corrected chi connectivity index (χ3v) is 11.0. The van der Waals surface area contributed by atoms with Crippen LogP contribution in [0.15, 0.2) is 54.6 Å². The average Bonchev–Trinajstić information content (AvgIpc) is 3.26. The molecule has 2 aliphatic rings. The van der Waals surface area contributed by atoms with Gasteiger partial charge in [-0.25, -0.2) is 0 Å². The molecule has 0 radical (unpaired) electrons. The van der Waals surface area contributed by atoms with E-state index in [4.69, 9.17) is 0 Å². The number of aryl methyl sites for hydroxylation is 2. The minimum Gasteiger partial charge on any atom is -0.335 e. The second-order valence-corrected chi connectivity index (χ2v) is 16.1. The third-order valence-electron chi connectivity index (χ3n) is 11.0. The predicted molar refractivity (Wildman–Crippen MR) is 182 cm³/mol. The first-order chi connectivity index (χ1) is 19.6. The smallest absolute Gasteiger partial charge is 0.0534 e. The summed E-state index contributed by atoms with van der Waals surface area (Å²) >= 11 is 0. The fourth-order valence-electron chi connectivity index (χ4n) is 8.30. The Bertz CT molecular complexity index is 1680. The van der Waals surface area contributed by atoms with Crippen LogP contribution >= 0.6 is 0 Å². The monoisotopic (exact) mass is 560 g/mol. The van der Waals surface area contributed by atoms with Crippen molar-refractivity contribution < 1.29 is 0 Å². The number of hydrogen-bond donors (Lipinski definition) is 0. The van der Waals surface area contributed by atoms with Crippen LogP contribution in [-0.2, 0) is 16.2 Å². The van der Waals surface area contributed by atoms with E-state index in [0.29, 0.717) is 0 Å². The largest absolute Gasteiger partial charge is 0.335 e. The van der Waals surface area contributed by atoms with Crippen molar-refractivity contribution in [1.29, 1.82) is 0 Å². The highest BCUT2D eigenvalue weighted by Gasteiger charge is 2.57. The van der Waals surface area contributed by atoms with E-state index in [0.717, 1.165) is 0 Å². The molecule has 0 bridgehead atoms. The molecule has 2 nitrogen and oxygen atoms in total. The molecular formula is C40H52N2. The summed E-state index contributed by atoms with van der Waals surface area (Å²) in [6, 6.07) is 21.8. The van der Waals surface area contributed by atoms with E-state index in [2.05, 4.69) is 140 Å². The van der Waals surface area contributed by atoms with Crippen molar-refractivity contribution in [3.8, 4) is 5.69 Å². The first-order valence-corrected chi connectivity index (χ1v) is 16.3. The lowest BCUT2D eigenvalue weighted by molar-refractivity contribution is 0.199. The van der Waals surface area contributed by atoms with Crippen LogP contribution < -0.4 is 4.90 Å². The molecule has 2 heterocycles. The number of benzene rings is 3. The van der Waals surface area contributed by atoms with Gasteiger partial charge in [0.1, 0.15) is 0 Å². The van der Waals surface area contributed by atoms with Crippen molar-refractivity contribution in [3.63, 3.8) is 0 Å². The number of nitrogens with zero attached hydrogens (tertiary/aromatic N) is 2. The van der Waals surface area contributed by atoms with Gasteiger partial charge >= 0.3 is 0 Å². The van der Waals surface area contributed by atoms with Gasteiger partial charge in [0.25, 0.3) is 0 Å². The lowest BCUT2D eigenvalue weighted by atomic mass is 9.60. The highest BCUT2D eigenvalue weighted by molar-refractivity contribution is 5.88. The fraction of sp³-hybridized carbons (Fsp3) is 0.500. The minimum atomic E-state index is -0.0251. The molecule has 2 heteroatoms. The lowest BCUT2D eigenvalue weighted by Gasteiger charge is -2.49. The van der Waals surface area contributed by atoms with E-state index < -0.39 is 0 Å². The van der Waals surface area contributed by atoms with Crippen LogP contribution in [0.25, 0.3) is 16.6 Å². The lowest BCUT2D eigenvalue weighted by Crippen LogP contribution is -2.53. The number of anilines is 2. The zero-order chi connectivity index (χ0) is 30.4. The van der Waals surface area contributed by atoms with Crippen LogP contribution in [-0.4, -0.2) is 10.1 Å². The predicted octanol–water partition coefficient (Wildman–Crippen LogP) is 11.3. The van der Waals surface area contributed by atoms with Gasteiger partial charge in [0.15, 0.2) is 0 Å².